The zero-order chi connectivity index (χ0) is 11.8. The van der Waals surface area contributed by atoms with Crippen LogP contribution in [0.2, 0.25) is 0 Å². The predicted octanol–water partition coefficient (Wildman–Crippen LogP) is 1.12. The van der Waals surface area contributed by atoms with Crippen LogP contribution in [-0.4, -0.2) is 22.2 Å². The topological polar surface area (TPSA) is 46.9 Å². The molecule has 2 fully saturated rings. The van der Waals surface area contributed by atoms with Gasteiger partial charge >= 0.3 is 0 Å². The molecule has 3 rings (SSSR count). The molecule has 0 bridgehead atoms. The van der Waals surface area contributed by atoms with Crippen LogP contribution in [0.1, 0.15) is 25.0 Å². The maximum absolute atomic E-state index is 11.9. The maximum atomic E-state index is 11.9. The lowest BCUT2D eigenvalue weighted by Gasteiger charge is -2.12. The molecule has 92 valence electrons. The Hall–Kier alpha value is -1.32. The summed E-state index contributed by atoms with van der Waals surface area (Å²) in [6, 6.07) is 2.00. The number of carbonyl (C=O) groups excluding carboxylic acids is 1. The molecular formula is C13H19N3O. The molecule has 1 aromatic rings. The van der Waals surface area contributed by atoms with E-state index >= 15 is 0 Å². The van der Waals surface area contributed by atoms with Crippen molar-refractivity contribution in [2.24, 2.45) is 24.8 Å². The monoisotopic (exact) mass is 233 g/mol. The molecule has 4 nitrogen and oxygen atoms in total. The highest BCUT2D eigenvalue weighted by Crippen LogP contribution is 2.54. The standard InChI is InChI=1S/C13H19N3O/c1-16-12(3-5-15-16)2-4-14-13(17)11-7-9-6-10(9)8-11/h3,5,9-11H,2,4,6-8H2,1H3,(H,14,17). The van der Waals surface area contributed by atoms with Crippen molar-refractivity contribution in [1.29, 1.82) is 0 Å². The van der Waals surface area contributed by atoms with Gasteiger partial charge in [0.1, 0.15) is 0 Å². The van der Waals surface area contributed by atoms with Crippen molar-refractivity contribution >= 4 is 5.91 Å². The van der Waals surface area contributed by atoms with Gasteiger partial charge in [-0.1, -0.05) is 0 Å². The molecule has 1 amide bonds. The molecule has 0 saturated heterocycles. The Morgan fingerprint density at radius 2 is 2.24 bits per heavy atom. The highest BCUT2D eigenvalue weighted by atomic mass is 16.1. The van der Waals surface area contributed by atoms with Crippen LogP contribution in [0, 0.1) is 17.8 Å². The minimum absolute atomic E-state index is 0.263. The van der Waals surface area contributed by atoms with E-state index in [1.807, 2.05) is 17.8 Å². The Morgan fingerprint density at radius 3 is 2.88 bits per heavy atom. The van der Waals surface area contributed by atoms with Crippen LogP contribution in [0.15, 0.2) is 12.3 Å². The number of nitrogens with one attached hydrogen (secondary N) is 1. The number of aryl methyl sites for hydroxylation is 1. The number of carbonyl (C=O) groups is 1. The van der Waals surface area contributed by atoms with Crippen LogP contribution in [0.4, 0.5) is 0 Å². The molecule has 2 atom stereocenters. The van der Waals surface area contributed by atoms with Crippen LogP contribution < -0.4 is 5.32 Å². The van der Waals surface area contributed by atoms with Crippen molar-refractivity contribution in [3.63, 3.8) is 0 Å². The van der Waals surface area contributed by atoms with Crippen LogP contribution >= 0.6 is 0 Å². The highest BCUT2D eigenvalue weighted by molar-refractivity contribution is 5.79. The van der Waals surface area contributed by atoms with Gasteiger partial charge in [0.2, 0.25) is 5.91 Å². The summed E-state index contributed by atoms with van der Waals surface area (Å²) in [5.41, 5.74) is 1.17. The van der Waals surface area contributed by atoms with E-state index in [0.717, 1.165) is 37.6 Å². The van der Waals surface area contributed by atoms with E-state index in [2.05, 4.69) is 10.4 Å². The fourth-order valence-corrected chi connectivity index (χ4v) is 3.03. The van der Waals surface area contributed by atoms with E-state index in [4.69, 9.17) is 0 Å². The molecular weight excluding hydrogens is 214 g/mol. The van der Waals surface area contributed by atoms with Crippen molar-refractivity contribution in [2.45, 2.75) is 25.7 Å². The van der Waals surface area contributed by atoms with E-state index in [9.17, 15) is 4.79 Å². The van der Waals surface area contributed by atoms with Crippen molar-refractivity contribution in [1.82, 2.24) is 15.1 Å². The Morgan fingerprint density at radius 1 is 1.47 bits per heavy atom. The average Bonchev–Trinajstić information content (AvgIpc) is 2.73. The third kappa shape index (κ3) is 2.21. The molecule has 0 spiro atoms. The summed E-state index contributed by atoms with van der Waals surface area (Å²) < 4.78 is 1.86. The van der Waals surface area contributed by atoms with Crippen molar-refractivity contribution in [2.75, 3.05) is 6.54 Å². The van der Waals surface area contributed by atoms with Gasteiger partial charge in [0.25, 0.3) is 0 Å². The van der Waals surface area contributed by atoms with Crippen molar-refractivity contribution in [3.05, 3.63) is 18.0 Å². The van der Waals surface area contributed by atoms with Gasteiger partial charge in [0, 0.05) is 37.8 Å². The Balaban J connectivity index is 1.42. The van der Waals surface area contributed by atoms with Crippen LogP contribution in [-0.2, 0) is 18.3 Å². The van der Waals surface area contributed by atoms with Crippen LogP contribution in [0.3, 0.4) is 0 Å². The minimum atomic E-state index is 0.263. The van der Waals surface area contributed by atoms with Crippen LogP contribution in [0.25, 0.3) is 0 Å². The van der Waals surface area contributed by atoms with Gasteiger partial charge in [-0.2, -0.15) is 5.10 Å². The third-order valence-electron chi connectivity index (χ3n) is 4.22. The van der Waals surface area contributed by atoms with Crippen molar-refractivity contribution in [3.8, 4) is 0 Å². The fourth-order valence-electron chi connectivity index (χ4n) is 3.03. The van der Waals surface area contributed by atoms with Gasteiger partial charge in [0.05, 0.1) is 0 Å². The van der Waals surface area contributed by atoms with Crippen molar-refractivity contribution < 1.29 is 4.79 Å². The maximum Gasteiger partial charge on any atom is 0.223 e. The summed E-state index contributed by atoms with van der Waals surface area (Å²) >= 11 is 0. The smallest absolute Gasteiger partial charge is 0.223 e. The molecule has 1 aromatic heterocycles. The van der Waals surface area contributed by atoms with Gasteiger partial charge in [-0.25, -0.2) is 0 Å². The van der Waals surface area contributed by atoms with Gasteiger partial charge in [0.15, 0.2) is 0 Å². The zero-order valence-corrected chi connectivity index (χ0v) is 10.2. The van der Waals surface area contributed by atoms with E-state index in [1.165, 1.54) is 12.1 Å². The lowest BCUT2D eigenvalue weighted by atomic mass is 10.0. The molecule has 2 aliphatic carbocycles. The second-order valence-electron chi connectivity index (χ2n) is 5.41. The summed E-state index contributed by atoms with van der Waals surface area (Å²) in [6.45, 7) is 0.726. The highest BCUT2D eigenvalue weighted by Gasteiger charge is 2.47. The first-order valence-electron chi connectivity index (χ1n) is 6.48. The van der Waals surface area contributed by atoms with Crippen LogP contribution in [0.5, 0.6) is 0 Å². The second kappa shape index (κ2) is 4.17. The number of rotatable bonds is 4. The summed E-state index contributed by atoms with van der Waals surface area (Å²) in [5.74, 6) is 2.32. The fraction of sp³-hybridized carbons (Fsp3) is 0.692. The number of nitrogens with zero attached hydrogens (tertiary/aromatic N) is 2. The molecule has 1 N–H and O–H groups in total. The number of hydrogen-bond acceptors (Lipinski definition) is 2. The SMILES string of the molecule is Cn1nccc1CCNC(=O)C1CC2CC2C1. The Labute approximate surface area is 101 Å². The quantitative estimate of drug-likeness (QED) is 0.847. The molecule has 0 aliphatic heterocycles. The lowest BCUT2D eigenvalue weighted by molar-refractivity contribution is -0.125. The largest absolute Gasteiger partial charge is 0.355 e. The molecule has 1 heterocycles. The van der Waals surface area contributed by atoms with Gasteiger partial charge < -0.3 is 5.32 Å². The first-order valence-corrected chi connectivity index (χ1v) is 6.48. The summed E-state index contributed by atoms with van der Waals surface area (Å²) in [6.07, 6.45) is 6.28. The van der Waals surface area contributed by atoms with Gasteiger partial charge in [-0.15, -0.1) is 0 Å². The molecule has 0 aromatic carbocycles. The third-order valence-corrected chi connectivity index (χ3v) is 4.22. The van der Waals surface area contributed by atoms with E-state index in [1.54, 1.807) is 6.20 Å². The first-order chi connectivity index (χ1) is 8.24. The second-order valence-corrected chi connectivity index (χ2v) is 5.41. The molecule has 2 unspecified atom stereocenters. The molecule has 2 aliphatic rings. The molecule has 17 heavy (non-hydrogen) atoms. The zero-order valence-electron chi connectivity index (χ0n) is 10.2. The summed E-state index contributed by atoms with van der Waals surface area (Å²) in [5, 5.41) is 7.16. The van der Waals surface area contributed by atoms with Gasteiger partial charge in [-0.05, 0) is 37.2 Å². The number of hydrogen-bond donors (Lipinski definition) is 1. The molecule has 2 saturated carbocycles. The minimum Gasteiger partial charge on any atom is -0.355 e. The Kier molecular flexibility index (Phi) is 2.65. The predicted molar refractivity (Wildman–Crippen MR) is 64.2 cm³/mol. The van der Waals surface area contributed by atoms with E-state index in [-0.39, 0.29) is 5.91 Å². The number of fused-ring (bicyclic) bond motifs is 1. The van der Waals surface area contributed by atoms with E-state index < -0.39 is 0 Å². The Bertz CT molecular complexity index is 416. The summed E-state index contributed by atoms with van der Waals surface area (Å²) in [7, 11) is 1.93. The number of amides is 1. The van der Waals surface area contributed by atoms with Gasteiger partial charge in [-0.3, -0.25) is 9.48 Å². The molecule has 4 heteroatoms. The van der Waals surface area contributed by atoms with E-state index in [0.29, 0.717) is 5.92 Å². The first kappa shape index (κ1) is 10.8. The molecule has 0 radical (unpaired) electrons. The lowest BCUT2D eigenvalue weighted by Crippen LogP contribution is -2.31. The average molecular weight is 233 g/mol. The summed E-state index contributed by atoms with van der Waals surface area (Å²) in [4.78, 5) is 11.9. The normalized spacial score (nSPS) is 30.1. The number of aromatic nitrogens is 2.